The summed E-state index contributed by atoms with van der Waals surface area (Å²) >= 11 is 5.23. The van der Waals surface area contributed by atoms with Crippen molar-refractivity contribution in [2.75, 3.05) is 5.32 Å². The first-order chi connectivity index (χ1) is 10.6. The van der Waals surface area contributed by atoms with E-state index in [1.165, 1.54) is 0 Å². The highest BCUT2D eigenvalue weighted by Gasteiger charge is 2.09. The van der Waals surface area contributed by atoms with Gasteiger partial charge in [-0.25, -0.2) is 0 Å². The largest absolute Gasteiger partial charge is 0.350 e. The van der Waals surface area contributed by atoms with Crippen LogP contribution in [0.2, 0.25) is 0 Å². The summed E-state index contributed by atoms with van der Waals surface area (Å²) < 4.78 is 2.03. The molecular formula is C17H15N3OS. The van der Waals surface area contributed by atoms with E-state index in [1.807, 2.05) is 60.3 Å². The molecule has 2 aromatic carbocycles. The molecule has 3 aromatic rings. The summed E-state index contributed by atoms with van der Waals surface area (Å²) in [5.41, 5.74) is 2.54. The second-order valence-corrected chi connectivity index (χ2v) is 5.35. The Hall–Kier alpha value is -2.66. The summed E-state index contributed by atoms with van der Waals surface area (Å²) in [6.07, 6.45) is 1.99. The first-order valence-corrected chi connectivity index (χ1v) is 7.27. The fourth-order valence-electron chi connectivity index (χ4n) is 2.33. The molecule has 0 aliphatic heterocycles. The van der Waals surface area contributed by atoms with E-state index in [-0.39, 0.29) is 11.0 Å². The van der Waals surface area contributed by atoms with Crippen molar-refractivity contribution in [3.8, 4) is 0 Å². The summed E-state index contributed by atoms with van der Waals surface area (Å²) in [6.45, 7) is 0. The Bertz CT molecular complexity index is 839. The zero-order valence-electron chi connectivity index (χ0n) is 12.0. The summed E-state index contributed by atoms with van der Waals surface area (Å²) in [4.78, 5) is 12.1. The molecule has 1 aromatic heterocycles. The third-order valence-corrected chi connectivity index (χ3v) is 3.64. The molecule has 5 heteroatoms. The number of aryl methyl sites for hydroxylation is 1. The summed E-state index contributed by atoms with van der Waals surface area (Å²) in [5.74, 6) is -0.224. The Balaban J connectivity index is 1.75. The van der Waals surface area contributed by atoms with Gasteiger partial charge in [0, 0.05) is 35.4 Å². The van der Waals surface area contributed by atoms with Crippen LogP contribution in [0.3, 0.4) is 0 Å². The molecule has 0 aliphatic rings. The zero-order valence-corrected chi connectivity index (χ0v) is 12.9. The van der Waals surface area contributed by atoms with Crippen LogP contribution < -0.4 is 10.6 Å². The fourth-order valence-corrected chi connectivity index (χ4v) is 2.53. The van der Waals surface area contributed by atoms with Crippen molar-refractivity contribution in [2.24, 2.45) is 7.05 Å². The predicted octanol–water partition coefficient (Wildman–Crippen LogP) is 3.31. The summed E-state index contributed by atoms with van der Waals surface area (Å²) in [5, 5.41) is 7.12. The van der Waals surface area contributed by atoms with E-state index >= 15 is 0 Å². The molecule has 22 heavy (non-hydrogen) atoms. The molecule has 0 saturated carbocycles. The smallest absolute Gasteiger partial charge is 0.257 e. The lowest BCUT2D eigenvalue weighted by Gasteiger charge is -2.11. The minimum absolute atomic E-state index is 0.224. The number of hydrogen-bond acceptors (Lipinski definition) is 2. The first kappa shape index (κ1) is 14.3. The highest BCUT2D eigenvalue weighted by Crippen LogP contribution is 2.23. The lowest BCUT2D eigenvalue weighted by atomic mass is 10.2. The van der Waals surface area contributed by atoms with Crippen LogP contribution in [0.15, 0.2) is 60.8 Å². The van der Waals surface area contributed by atoms with Gasteiger partial charge in [-0.3, -0.25) is 10.1 Å². The van der Waals surface area contributed by atoms with Gasteiger partial charge >= 0.3 is 0 Å². The number of thiocarbonyl (C=S) groups is 1. The van der Waals surface area contributed by atoms with Gasteiger partial charge in [-0.2, -0.15) is 0 Å². The summed E-state index contributed by atoms with van der Waals surface area (Å²) in [7, 11) is 1.99. The number of carbonyl (C=O) groups excluding carboxylic acids is 1. The van der Waals surface area contributed by atoms with E-state index in [9.17, 15) is 4.79 Å². The number of aromatic nitrogens is 1. The number of carbonyl (C=O) groups is 1. The molecule has 4 nitrogen and oxygen atoms in total. The van der Waals surface area contributed by atoms with Crippen LogP contribution >= 0.6 is 12.2 Å². The van der Waals surface area contributed by atoms with Gasteiger partial charge < -0.3 is 9.88 Å². The van der Waals surface area contributed by atoms with Crippen LogP contribution in [0, 0.1) is 0 Å². The molecule has 0 unspecified atom stereocenters. The van der Waals surface area contributed by atoms with Crippen molar-refractivity contribution in [3.05, 3.63) is 66.4 Å². The van der Waals surface area contributed by atoms with E-state index < -0.39 is 0 Å². The van der Waals surface area contributed by atoms with Crippen LogP contribution in [0.25, 0.3) is 10.9 Å². The maximum atomic E-state index is 12.1. The zero-order chi connectivity index (χ0) is 15.5. The van der Waals surface area contributed by atoms with E-state index in [0.29, 0.717) is 5.56 Å². The Labute approximate surface area is 133 Å². The quantitative estimate of drug-likeness (QED) is 0.714. The molecule has 110 valence electrons. The normalized spacial score (nSPS) is 10.4. The van der Waals surface area contributed by atoms with E-state index in [4.69, 9.17) is 12.2 Å². The van der Waals surface area contributed by atoms with Crippen molar-refractivity contribution in [1.82, 2.24) is 9.88 Å². The lowest BCUT2D eigenvalue weighted by molar-refractivity contribution is 0.0978. The van der Waals surface area contributed by atoms with Crippen molar-refractivity contribution in [3.63, 3.8) is 0 Å². The van der Waals surface area contributed by atoms with Crippen LogP contribution in [-0.2, 0) is 7.05 Å². The average molecular weight is 309 g/mol. The molecule has 0 spiro atoms. The van der Waals surface area contributed by atoms with Crippen molar-refractivity contribution < 1.29 is 4.79 Å². The van der Waals surface area contributed by atoms with E-state index in [2.05, 4.69) is 10.6 Å². The number of anilines is 1. The molecule has 0 fully saturated rings. The van der Waals surface area contributed by atoms with Gasteiger partial charge in [-0.1, -0.05) is 24.3 Å². The number of hydrogen-bond donors (Lipinski definition) is 2. The van der Waals surface area contributed by atoms with E-state index in [1.54, 1.807) is 12.1 Å². The third kappa shape index (κ3) is 2.84. The number of nitrogens with one attached hydrogen (secondary N) is 2. The third-order valence-electron chi connectivity index (χ3n) is 3.44. The maximum Gasteiger partial charge on any atom is 0.257 e. The van der Waals surface area contributed by atoms with Gasteiger partial charge in [0.15, 0.2) is 5.11 Å². The van der Waals surface area contributed by atoms with Gasteiger partial charge in [0.25, 0.3) is 5.91 Å². The number of fused-ring (bicyclic) bond motifs is 1. The molecule has 0 radical (unpaired) electrons. The average Bonchev–Trinajstić information content (AvgIpc) is 2.91. The highest BCUT2D eigenvalue weighted by molar-refractivity contribution is 7.80. The molecular weight excluding hydrogens is 294 g/mol. The summed E-state index contributed by atoms with van der Waals surface area (Å²) in [6, 6.07) is 16.9. The van der Waals surface area contributed by atoms with Crippen molar-refractivity contribution in [1.29, 1.82) is 0 Å². The Morgan fingerprint density at radius 1 is 1.05 bits per heavy atom. The Morgan fingerprint density at radius 2 is 1.82 bits per heavy atom. The highest BCUT2D eigenvalue weighted by atomic mass is 32.1. The van der Waals surface area contributed by atoms with Gasteiger partial charge in [0.2, 0.25) is 0 Å². The molecule has 0 saturated heterocycles. The number of nitrogens with zero attached hydrogens (tertiary/aromatic N) is 1. The SMILES string of the molecule is Cn1ccc2c(NC(=S)NC(=O)c3ccccc3)cccc21. The van der Waals surface area contributed by atoms with Gasteiger partial charge in [0.05, 0.1) is 0 Å². The predicted molar refractivity (Wildman–Crippen MR) is 93.0 cm³/mol. The second kappa shape index (κ2) is 5.99. The minimum atomic E-state index is -0.224. The molecule has 2 N–H and O–H groups in total. The Morgan fingerprint density at radius 3 is 2.59 bits per heavy atom. The van der Waals surface area contributed by atoms with Crippen LogP contribution in [0.4, 0.5) is 5.69 Å². The van der Waals surface area contributed by atoms with Gasteiger partial charge in [0.1, 0.15) is 0 Å². The topological polar surface area (TPSA) is 46.1 Å². The van der Waals surface area contributed by atoms with Crippen LogP contribution in [0.5, 0.6) is 0 Å². The number of benzene rings is 2. The lowest BCUT2D eigenvalue weighted by Crippen LogP contribution is -2.34. The molecule has 0 bridgehead atoms. The van der Waals surface area contributed by atoms with Gasteiger partial charge in [-0.15, -0.1) is 0 Å². The second-order valence-electron chi connectivity index (χ2n) is 4.94. The standard InChI is InChI=1S/C17H15N3OS/c1-20-11-10-13-14(8-5-9-15(13)20)18-17(22)19-16(21)12-6-3-2-4-7-12/h2-11H,1H3,(H2,18,19,21,22). The minimum Gasteiger partial charge on any atom is -0.350 e. The molecule has 0 atom stereocenters. The van der Waals surface area contributed by atoms with Crippen molar-refractivity contribution >= 4 is 39.8 Å². The molecule has 1 amide bonds. The van der Waals surface area contributed by atoms with Crippen LogP contribution in [0.1, 0.15) is 10.4 Å². The molecule has 3 rings (SSSR count). The van der Waals surface area contributed by atoms with E-state index in [0.717, 1.165) is 16.6 Å². The fraction of sp³-hybridized carbons (Fsp3) is 0.0588. The van der Waals surface area contributed by atoms with Crippen LogP contribution in [-0.4, -0.2) is 15.6 Å². The van der Waals surface area contributed by atoms with Crippen molar-refractivity contribution in [2.45, 2.75) is 0 Å². The maximum absolute atomic E-state index is 12.1. The Kier molecular flexibility index (Phi) is 3.89. The van der Waals surface area contributed by atoms with Gasteiger partial charge in [-0.05, 0) is 42.5 Å². The number of amides is 1. The molecule has 0 aliphatic carbocycles. The molecule has 1 heterocycles. The number of rotatable bonds is 2. The first-order valence-electron chi connectivity index (χ1n) is 6.86. The monoisotopic (exact) mass is 309 g/mol.